The van der Waals surface area contributed by atoms with Gasteiger partial charge in [-0.15, -0.1) is 0 Å². The maximum absolute atomic E-state index is 12.7. The Kier molecular flexibility index (Phi) is 7.87. The molecular formula is C33H44N6O3. The van der Waals surface area contributed by atoms with Crippen molar-refractivity contribution in [2.45, 2.75) is 65.1 Å². The van der Waals surface area contributed by atoms with Crippen molar-refractivity contribution in [2.75, 3.05) is 62.7 Å². The Hall–Kier alpha value is -3.59. The van der Waals surface area contributed by atoms with Gasteiger partial charge >= 0.3 is 12.1 Å². The van der Waals surface area contributed by atoms with Crippen LogP contribution in [0.1, 0.15) is 50.4 Å². The van der Waals surface area contributed by atoms with Gasteiger partial charge in [0.25, 0.3) is 0 Å². The Morgan fingerprint density at radius 3 is 2.45 bits per heavy atom. The van der Waals surface area contributed by atoms with Crippen LogP contribution in [0, 0.1) is 6.92 Å². The normalized spacial score (nSPS) is 19.7. The largest absolute Gasteiger partial charge is 0.462 e. The monoisotopic (exact) mass is 572 g/mol. The summed E-state index contributed by atoms with van der Waals surface area (Å²) in [6.07, 6.45) is 2.93. The molecule has 0 N–H and O–H groups in total. The van der Waals surface area contributed by atoms with Gasteiger partial charge in [0.05, 0.1) is 12.2 Å². The highest BCUT2D eigenvalue weighted by Gasteiger charge is 2.31. The van der Waals surface area contributed by atoms with E-state index in [1.807, 2.05) is 20.8 Å². The number of hydrogen-bond acceptors (Lipinski definition) is 8. The molecule has 6 rings (SSSR count). The summed E-state index contributed by atoms with van der Waals surface area (Å²) < 4.78 is 11.9. The molecule has 2 saturated heterocycles. The van der Waals surface area contributed by atoms with Gasteiger partial charge in [0, 0.05) is 55.4 Å². The number of ether oxygens (including phenoxy) is 2. The van der Waals surface area contributed by atoms with E-state index in [2.05, 4.69) is 65.1 Å². The molecule has 0 bridgehead atoms. The number of hydrogen-bond donors (Lipinski definition) is 0. The molecule has 0 saturated carbocycles. The average molecular weight is 573 g/mol. The van der Waals surface area contributed by atoms with Crippen LogP contribution in [-0.2, 0) is 17.7 Å². The number of benzene rings is 2. The van der Waals surface area contributed by atoms with E-state index in [0.717, 1.165) is 37.4 Å². The molecule has 3 aliphatic heterocycles. The fourth-order valence-electron chi connectivity index (χ4n) is 6.48. The van der Waals surface area contributed by atoms with Crippen molar-refractivity contribution < 1.29 is 14.3 Å². The van der Waals surface area contributed by atoms with Crippen LogP contribution in [0.4, 0.5) is 16.3 Å². The summed E-state index contributed by atoms with van der Waals surface area (Å²) in [7, 11) is 2.16. The van der Waals surface area contributed by atoms with Crippen LogP contribution in [0.25, 0.3) is 10.8 Å². The van der Waals surface area contributed by atoms with Crippen LogP contribution in [0.2, 0.25) is 0 Å². The fourth-order valence-corrected chi connectivity index (χ4v) is 6.48. The van der Waals surface area contributed by atoms with E-state index in [-0.39, 0.29) is 6.09 Å². The summed E-state index contributed by atoms with van der Waals surface area (Å²) in [5.41, 5.74) is 4.25. The first-order chi connectivity index (χ1) is 20.2. The molecule has 0 radical (unpaired) electrons. The predicted octanol–water partition coefficient (Wildman–Crippen LogP) is 5.03. The molecule has 4 heterocycles. The number of anilines is 2. The number of nitrogens with zero attached hydrogens (tertiary/aromatic N) is 6. The van der Waals surface area contributed by atoms with Crippen LogP contribution in [-0.4, -0.2) is 90.4 Å². The van der Waals surface area contributed by atoms with Gasteiger partial charge in [0.1, 0.15) is 18.0 Å². The Labute approximate surface area is 249 Å². The molecule has 0 spiro atoms. The van der Waals surface area contributed by atoms with Crippen molar-refractivity contribution in [1.29, 1.82) is 0 Å². The van der Waals surface area contributed by atoms with E-state index < -0.39 is 5.60 Å². The maximum atomic E-state index is 12.7. The molecule has 2 aromatic carbocycles. The van der Waals surface area contributed by atoms with Crippen LogP contribution in [0.15, 0.2) is 36.4 Å². The zero-order valence-corrected chi connectivity index (χ0v) is 25.7. The average Bonchev–Trinajstić information content (AvgIpc) is 3.38. The van der Waals surface area contributed by atoms with E-state index in [1.165, 1.54) is 34.0 Å². The first-order valence-corrected chi connectivity index (χ1v) is 15.4. The molecule has 2 fully saturated rings. The van der Waals surface area contributed by atoms with E-state index in [0.29, 0.717) is 51.4 Å². The highest BCUT2D eigenvalue weighted by atomic mass is 16.6. The second-order valence-electron chi connectivity index (χ2n) is 12.9. The number of likely N-dealkylation sites (tertiary alicyclic amines) is 1. The van der Waals surface area contributed by atoms with Crippen LogP contribution >= 0.6 is 0 Å². The van der Waals surface area contributed by atoms with Crippen molar-refractivity contribution in [2.24, 2.45) is 0 Å². The molecule has 224 valence electrons. The van der Waals surface area contributed by atoms with Crippen molar-refractivity contribution in [3.63, 3.8) is 0 Å². The summed E-state index contributed by atoms with van der Waals surface area (Å²) in [6, 6.07) is 13.9. The van der Waals surface area contributed by atoms with Gasteiger partial charge < -0.3 is 29.1 Å². The summed E-state index contributed by atoms with van der Waals surface area (Å²) in [5.74, 6) is 0.951. The highest BCUT2D eigenvalue weighted by Crippen LogP contribution is 2.35. The van der Waals surface area contributed by atoms with Gasteiger partial charge in [-0.2, -0.15) is 9.97 Å². The number of aryl methyl sites for hydroxylation is 1. The summed E-state index contributed by atoms with van der Waals surface area (Å²) >= 11 is 0. The Balaban J connectivity index is 1.27. The van der Waals surface area contributed by atoms with Gasteiger partial charge in [0.2, 0.25) is 0 Å². The Morgan fingerprint density at radius 1 is 0.976 bits per heavy atom. The standard InChI is InChI=1S/C33H44N6O3/c1-23-9-6-10-24-11-7-13-28(29(23)24)39-16-14-26-27(21-39)34-31(41-22-25-12-8-15-36(25)5)35-30(26)37-17-19-38(20-18-37)32(40)42-33(2,3)4/h6-7,9-11,13,25H,8,12,14-22H2,1-5H3/t25-/m1/s1. The number of carbonyl (C=O) groups is 1. The number of amides is 1. The van der Waals surface area contributed by atoms with E-state index in [9.17, 15) is 4.79 Å². The number of aromatic nitrogens is 2. The fraction of sp³-hybridized carbons (Fsp3) is 0.545. The number of piperazine rings is 1. The molecule has 42 heavy (non-hydrogen) atoms. The predicted molar refractivity (Wildman–Crippen MR) is 167 cm³/mol. The van der Waals surface area contributed by atoms with Crippen LogP contribution in [0.5, 0.6) is 6.01 Å². The van der Waals surface area contributed by atoms with Crippen molar-refractivity contribution in [3.05, 3.63) is 53.2 Å². The number of fused-ring (bicyclic) bond motifs is 2. The van der Waals surface area contributed by atoms with E-state index in [4.69, 9.17) is 19.4 Å². The van der Waals surface area contributed by atoms with Crippen molar-refractivity contribution in [1.82, 2.24) is 19.8 Å². The minimum atomic E-state index is -0.506. The first-order valence-electron chi connectivity index (χ1n) is 15.4. The Bertz CT molecular complexity index is 1440. The lowest BCUT2D eigenvalue weighted by molar-refractivity contribution is 0.0240. The second-order valence-corrected chi connectivity index (χ2v) is 12.9. The summed E-state index contributed by atoms with van der Waals surface area (Å²) in [6.45, 7) is 13.8. The smallest absolute Gasteiger partial charge is 0.410 e. The number of likely N-dealkylation sites (N-methyl/N-ethyl adjacent to an activating group) is 1. The van der Waals surface area contributed by atoms with Gasteiger partial charge in [-0.1, -0.05) is 30.3 Å². The molecular weight excluding hydrogens is 528 g/mol. The van der Waals surface area contributed by atoms with Gasteiger partial charge in [-0.05, 0) is 77.6 Å². The zero-order valence-electron chi connectivity index (χ0n) is 25.7. The highest BCUT2D eigenvalue weighted by molar-refractivity contribution is 5.97. The van der Waals surface area contributed by atoms with E-state index >= 15 is 0 Å². The van der Waals surface area contributed by atoms with Gasteiger partial charge in [0.15, 0.2) is 0 Å². The number of carbonyl (C=O) groups excluding carboxylic acids is 1. The molecule has 1 atom stereocenters. The SMILES string of the molecule is Cc1cccc2cccc(N3CCc4c(nc(OC[C@H]5CCCN5C)nc4N4CCN(C(=O)OC(C)(C)C)CC4)C3)c12. The molecule has 9 nitrogen and oxygen atoms in total. The second kappa shape index (κ2) is 11.6. The van der Waals surface area contributed by atoms with Gasteiger partial charge in [-0.25, -0.2) is 4.79 Å². The van der Waals surface area contributed by atoms with Gasteiger partial charge in [-0.3, -0.25) is 0 Å². The summed E-state index contributed by atoms with van der Waals surface area (Å²) in [4.78, 5) is 31.6. The maximum Gasteiger partial charge on any atom is 0.410 e. The molecule has 1 amide bonds. The minimum Gasteiger partial charge on any atom is -0.462 e. The lowest BCUT2D eigenvalue weighted by Crippen LogP contribution is -2.50. The third kappa shape index (κ3) is 5.98. The number of rotatable bonds is 5. The van der Waals surface area contributed by atoms with Crippen LogP contribution < -0.4 is 14.5 Å². The molecule has 0 unspecified atom stereocenters. The third-order valence-electron chi connectivity index (χ3n) is 8.76. The van der Waals surface area contributed by atoms with E-state index in [1.54, 1.807) is 4.90 Å². The molecule has 1 aromatic heterocycles. The summed E-state index contributed by atoms with van der Waals surface area (Å²) in [5, 5.41) is 2.56. The lowest BCUT2D eigenvalue weighted by atomic mass is 9.99. The lowest BCUT2D eigenvalue weighted by Gasteiger charge is -2.38. The molecule has 0 aliphatic carbocycles. The molecule has 3 aromatic rings. The first kappa shape index (κ1) is 28.5. The van der Waals surface area contributed by atoms with Crippen molar-refractivity contribution in [3.8, 4) is 6.01 Å². The minimum absolute atomic E-state index is 0.252. The van der Waals surface area contributed by atoms with Crippen LogP contribution in [0.3, 0.4) is 0 Å². The molecule has 3 aliphatic rings. The topological polar surface area (TPSA) is 74.3 Å². The quantitative estimate of drug-likeness (QED) is 0.422. The third-order valence-corrected chi connectivity index (χ3v) is 8.76. The zero-order chi connectivity index (χ0) is 29.4. The molecule has 9 heteroatoms. The Morgan fingerprint density at radius 2 is 1.74 bits per heavy atom. The van der Waals surface area contributed by atoms with Crippen molar-refractivity contribution >= 4 is 28.4 Å².